The van der Waals surface area contributed by atoms with E-state index in [1.807, 2.05) is 22.7 Å². The van der Waals surface area contributed by atoms with Gasteiger partial charge >= 0.3 is 6.61 Å². The zero-order valence-electron chi connectivity index (χ0n) is 26.4. The molecule has 1 aliphatic carbocycles. The third-order valence-electron chi connectivity index (χ3n) is 9.47. The number of nitrogens with zero attached hydrogens (tertiary/aromatic N) is 3. The Labute approximate surface area is 258 Å². The molecule has 1 amide bonds. The maximum Gasteiger partial charge on any atom is 0.387 e. The summed E-state index contributed by atoms with van der Waals surface area (Å²) in [6.45, 7) is 11.2. The molecule has 240 valence electrons. The predicted molar refractivity (Wildman–Crippen MR) is 168 cm³/mol. The van der Waals surface area contributed by atoms with Gasteiger partial charge in [-0.05, 0) is 49.0 Å². The van der Waals surface area contributed by atoms with Crippen LogP contribution in [0.2, 0.25) is 18.1 Å². The second-order valence-electron chi connectivity index (χ2n) is 13.6. The van der Waals surface area contributed by atoms with Gasteiger partial charge in [0.2, 0.25) is 0 Å². The van der Waals surface area contributed by atoms with E-state index < -0.39 is 20.6 Å². The number of benzene rings is 1. The highest BCUT2D eigenvalue weighted by molar-refractivity contribution is 6.81. The smallest absolute Gasteiger partial charge is 0.387 e. The largest absolute Gasteiger partial charge is 0.496 e. The number of amides is 1. The fraction of sp³-hybridized carbons (Fsp3) is 0.562. The number of pyridine rings is 1. The fourth-order valence-electron chi connectivity index (χ4n) is 5.46. The highest BCUT2D eigenvalue weighted by Crippen LogP contribution is 2.39. The Morgan fingerprint density at radius 1 is 1.18 bits per heavy atom. The first kappa shape index (κ1) is 32.2. The second kappa shape index (κ2) is 12.6. The standard InChI is InChI=1S/C32H44F2N4O5Si/c1-32(2,3)44(5,6)28(39)18-37-11-9-20(17-37)19-42-23-10-12-38-24(16-35-27(38)15-23)21-13-25(41-4)29(26(14-21)43-31(33)34)30(40)36-22-7-8-22/h10,12-16,20,22,28,31,39H,7-9,11,17-19H2,1-6H3,(H,36,40)/t20?,28-/m1/s1. The van der Waals surface area contributed by atoms with E-state index in [2.05, 4.69) is 49.1 Å². The van der Waals surface area contributed by atoms with Crippen molar-refractivity contribution in [3.63, 3.8) is 0 Å². The molecule has 0 radical (unpaired) electrons. The molecule has 9 nitrogen and oxygen atoms in total. The van der Waals surface area contributed by atoms with E-state index in [0.717, 1.165) is 32.4 Å². The summed E-state index contributed by atoms with van der Waals surface area (Å²) in [4.78, 5) is 19.7. The molecule has 1 saturated carbocycles. The fourth-order valence-corrected chi connectivity index (χ4v) is 7.18. The van der Waals surface area contributed by atoms with E-state index in [0.29, 0.717) is 41.7 Å². The van der Waals surface area contributed by atoms with Crippen LogP contribution in [0, 0.1) is 5.92 Å². The van der Waals surface area contributed by atoms with Crippen LogP contribution in [0.15, 0.2) is 36.7 Å². The van der Waals surface area contributed by atoms with Gasteiger partial charge in [0.25, 0.3) is 5.91 Å². The normalized spacial score (nSPS) is 18.5. The Balaban J connectivity index is 1.27. The number of likely N-dealkylation sites (tertiary alicyclic amines) is 1. The van der Waals surface area contributed by atoms with Crippen molar-refractivity contribution < 1.29 is 32.9 Å². The van der Waals surface area contributed by atoms with Gasteiger partial charge in [-0.15, -0.1) is 0 Å². The molecule has 1 saturated heterocycles. The lowest BCUT2D eigenvalue weighted by atomic mass is 10.1. The van der Waals surface area contributed by atoms with Gasteiger partial charge in [0, 0.05) is 42.9 Å². The first-order chi connectivity index (χ1) is 20.8. The average molecular weight is 631 g/mol. The molecule has 2 N–H and O–H groups in total. The van der Waals surface area contributed by atoms with Crippen LogP contribution < -0.4 is 19.5 Å². The number of ether oxygens (including phenoxy) is 3. The predicted octanol–water partition coefficient (Wildman–Crippen LogP) is 5.61. The van der Waals surface area contributed by atoms with Crippen LogP contribution in [-0.2, 0) is 0 Å². The molecule has 2 atom stereocenters. The molecule has 44 heavy (non-hydrogen) atoms. The van der Waals surface area contributed by atoms with Gasteiger partial charge in [0.05, 0.1) is 39.4 Å². The zero-order chi connectivity index (χ0) is 31.8. The van der Waals surface area contributed by atoms with Crippen LogP contribution in [0.1, 0.15) is 50.4 Å². The maximum atomic E-state index is 13.4. The number of carbonyl (C=O) groups excluding carboxylic acids is 1. The summed E-state index contributed by atoms with van der Waals surface area (Å²) < 4.78 is 44.9. The molecule has 2 aromatic heterocycles. The van der Waals surface area contributed by atoms with Gasteiger partial charge in [-0.25, -0.2) is 4.98 Å². The molecular formula is C32H44F2N4O5Si. The summed E-state index contributed by atoms with van der Waals surface area (Å²) in [6.07, 6.45) is 6.17. The number of alkyl halides is 2. The summed E-state index contributed by atoms with van der Waals surface area (Å²) in [6, 6.07) is 6.76. The van der Waals surface area contributed by atoms with Crippen LogP contribution in [0.5, 0.6) is 17.2 Å². The average Bonchev–Trinajstić information content (AvgIpc) is 3.48. The molecule has 5 rings (SSSR count). The highest BCUT2D eigenvalue weighted by atomic mass is 28.3. The Bertz CT molecular complexity index is 1490. The molecule has 2 aliphatic rings. The number of hydrogen-bond acceptors (Lipinski definition) is 7. The number of methoxy groups -OCH3 is 1. The quantitative estimate of drug-likeness (QED) is 0.251. The SMILES string of the molecule is COc1cc(-c2cnc3cc(OCC4CCN(C[C@H](O)[Si](C)(C)C(C)(C)C)C4)ccn23)cc(OC(F)F)c1C(=O)NC1CC1. The Kier molecular flexibility index (Phi) is 9.25. The minimum Gasteiger partial charge on any atom is -0.496 e. The number of hydrogen-bond donors (Lipinski definition) is 2. The Morgan fingerprint density at radius 3 is 2.57 bits per heavy atom. The monoisotopic (exact) mass is 630 g/mol. The second-order valence-corrected chi connectivity index (χ2v) is 19.2. The lowest BCUT2D eigenvalue weighted by molar-refractivity contribution is -0.0502. The Morgan fingerprint density at radius 2 is 1.91 bits per heavy atom. The lowest BCUT2D eigenvalue weighted by Crippen LogP contribution is -2.53. The van der Waals surface area contributed by atoms with E-state index in [4.69, 9.17) is 14.2 Å². The van der Waals surface area contributed by atoms with Crippen molar-refractivity contribution in [2.45, 2.75) is 76.5 Å². The molecule has 0 bridgehead atoms. The molecule has 1 unspecified atom stereocenters. The Hall–Kier alpha value is -3.22. The summed E-state index contributed by atoms with van der Waals surface area (Å²) in [5, 5.41) is 14.0. The molecule has 3 heterocycles. The number of fused-ring (bicyclic) bond motifs is 1. The first-order valence-corrected chi connectivity index (χ1v) is 18.3. The number of imidazole rings is 1. The van der Waals surface area contributed by atoms with Gasteiger partial charge in [0.15, 0.2) is 0 Å². The molecule has 3 aromatic rings. The van der Waals surface area contributed by atoms with Crippen LogP contribution in [0.4, 0.5) is 8.78 Å². The third-order valence-corrected chi connectivity index (χ3v) is 15.2. The van der Waals surface area contributed by atoms with Gasteiger partial charge in [-0.1, -0.05) is 33.9 Å². The third kappa shape index (κ3) is 7.02. The van der Waals surface area contributed by atoms with Crippen LogP contribution >= 0.6 is 0 Å². The van der Waals surface area contributed by atoms with Crippen molar-refractivity contribution in [2.24, 2.45) is 5.92 Å². The summed E-state index contributed by atoms with van der Waals surface area (Å²) in [7, 11) is -0.451. The number of aliphatic hydroxyl groups is 1. The van der Waals surface area contributed by atoms with Gasteiger partial charge in [-0.2, -0.15) is 8.78 Å². The van der Waals surface area contributed by atoms with Gasteiger partial charge in [0.1, 0.15) is 28.5 Å². The highest BCUT2D eigenvalue weighted by Gasteiger charge is 2.42. The van der Waals surface area contributed by atoms with Crippen molar-refractivity contribution in [3.8, 4) is 28.5 Å². The molecule has 0 spiro atoms. The number of β-amino-alcohol motifs (C(OH)–C–C–N with tert-alkyl or cyclic N) is 1. The van der Waals surface area contributed by atoms with Crippen LogP contribution in [0.25, 0.3) is 16.9 Å². The zero-order valence-corrected chi connectivity index (χ0v) is 27.4. The number of carbonyl (C=O) groups is 1. The molecule has 1 aromatic carbocycles. The number of nitrogens with one attached hydrogen (secondary N) is 1. The van der Waals surface area contributed by atoms with Crippen molar-refractivity contribution >= 4 is 19.6 Å². The minimum atomic E-state index is -3.11. The van der Waals surface area contributed by atoms with Crippen molar-refractivity contribution in [1.82, 2.24) is 19.6 Å². The van der Waals surface area contributed by atoms with Crippen molar-refractivity contribution in [3.05, 3.63) is 42.2 Å². The molecule has 1 aliphatic heterocycles. The van der Waals surface area contributed by atoms with E-state index >= 15 is 0 Å². The number of aliphatic hydroxyl groups excluding tert-OH is 1. The molecule has 12 heteroatoms. The molecular weight excluding hydrogens is 586 g/mol. The van der Waals surface area contributed by atoms with Crippen molar-refractivity contribution in [2.75, 3.05) is 33.4 Å². The number of aromatic nitrogens is 2. The van der Waals surface area contributed by atoms with Gasteiger partial charge in [-0.3, -0.25) is 9.20 Å². The van der Waals surface area contributed by atoms with E-state index in [1.165, 1.54) is 13.2 Å². The first-order valence-electron chi connectivity index (χ1n) is 15.2. The van der Waals surface area contributed by atoms with Crippen molar-refractivity contribution in [1.29, 1.82) is 0 Å². The number of rotatable bonds is 12. The van der Waals surface area contributed by atoms with Gasteiger partial charge < -0.3 is 29.5 Å². The maximum absolute atomic E-state index is 13.4. The van der Waals surface area contributed by atoms with E-state index in [-0.39, 0.29) is 33.9 Å². The topological polar surface area (TPSA) is 97.6 Å². The van der Waals surface area contributed by atoms with Crippen LogP contribution in [0.3, 0.4) is 0 Å². The van der Waals surface area contributed by atoms with Crippen LogP contribution in [-0.4, -0.2) is 85.1 Å². The summed E-state index contributed by atoms with van der Waals surface area (Å²) in [5.74, 6) is 0.410. The summed E-state index contributed by atoms with van der Waals surface area (Å²) in [5.41, 5.74) is 1.40. The molecule has 2 fully saturated rings. The lowest BCUT2D eigenvalue weighted by Gasteiger charge is -2.41. The van der Waals surface area contributed by atoms with E-state index in [9.17, 15) is 18.7 Å². The minimum absolute atomic E-state index is 0.0364. The van der Waals surface area contributed by atoms with E-state index in [1.54, 1.807) is 12.3 Å². The summed E-state index contributed by atoms with van der Waals surface area (Å²) >= 11 is 0. The number of halogens is 2.